The zero-order chi connectivity index (χ0) is 16.1. The van der Waals surface area contributed by atoms with Gasteiger partial charge in [-0.1, -0.05) is 37.3 Å². The molecule has 0 aliphatic heterocycles. The highest BCUT2D eigenvalue weighted by Crippen LogP contribution is 2.22. The van der Waals surface area contributed by atoms with Gasteiger partial charge in [0, 0.05) is 5.92 Å². The number of amides is 1. The van der Waals surface area contributed by atoms with E-state index in [1.807, 2.05) is 45.9 Å². The molecule has 0 aliphatic carbocycles. The number of benzene rings is 1. The van der Waals surface area contributed by atoms with Crippen molar-refractivity contribution in [2.75, 3.05) is 11.9 Å². The van der Waals surface area contributed by atoms with E-state index in [2.05, 4.69) is 15.5 Å². The minimum atomic E-state index is -0.114. The number of hydrogen-bond donors (Lipinski definition) is 1. The van der Waals surface area contributed by atoms with Crippen molar-refractivity contribution in [3.8, 4) is 5.75 Å². The number of hydrogen-bond acceptors (Lipinski definition) is 5. The third kappa shape index (κ3) is 4.53. The first kappa shape index (κ1) is 16.4. The van der Waals surface area contributed by atoms with E-state index < -0.39 is 0 Å². The van der Waals surface area contributed by atoms with Gasteiger partial charge in [-0.25, -0.2) is 0 Å². The quantitative estimate of drug-likeness (QED) is 0.882. The molecule has 1 aromatic heterocycles. The smallest absolute Gasteiger partial charge is 0.229 e. The fraction of sp³-hybridized carbons (Fsp3) is 0.438. The van der Waals surface area contributed by atoms with E-state index in [1.54, 1.807) is 0 Å². The molecule has 0 unspecified atom stereocenters. The molecule has 0 aliphatic rings. The van der Waals surface area contributed by atoms with Crippen molar-refractivity contribution >= 4 is 22.4 Å². The number of rotatable bonds is 6. The number of aromatic nitrogens is 2. The molecule has 0 atom stereocenters. The Labute approximate surface area is 134 Å². The van der Waals surface area contributed by atoms with Crippen LogP contribution in [0.2, 0.25) is 0 Å². The van der Waals surface area contributed by atoms with Crippen LogP contribution < -0.4 is 10.1 Å². The van der Waals surface area contributed by atoms with Gasteiger partial charge >= 0.3 is 0 Å². The summed E-state index contributed by atoms with van der Waals surface area (Å²) in [4.78, 5) is 11.9. The van der Waals surface area contributed by atoms with Crippen molar-refractivity contribution in [3.05, 3.63) is 34.3 Å². The third-order valence-electron chi connectivity index (χ3n) is 3.11. The zero-order valence-electron chi connectivity index (χ0n) is 13.3. The molecule has 1 amide bonds. The summed E-state index contributed by atoms with van der Waals surface area (Å²) in [6.07, 6.45) is 0.282. The van der Waals surface area contributed by atoms with Crippen molar-refractivity contribution < 1.29 is 9.53 Å². The van der Waals surface area contributed by atoms with Crippen LogP contribution in [0.5, 0.6) is 5.75 Å². The predicted molar refractivity (Wildman–Crippen MR) is 88.7 cm³/mol. The van der Waals surface area contributed by atoms with Crippen molar-refractivity contribution in [1.29, 1.82) is 0 Å². The van der Waals surface area contributed by atoms with Crippen LogP contribution in [0, 0.1) is 13.8 Å². The molecule has 5 nitrogen and oxygen atoms in total. The van der Waals surface area contributed by atoms with Gasteiger partial charge in [-0.15, -0.1) is 10.2 Å². The normalized spacial score (nSPS) is 10.8. The summed E-state index contributed by atoms with van der Waals surface area (Å²) >= 11 is 1.41. The summed E-state index contributed by atoms with van der Waals surface area (Å²) in [5.74, 6) is 1.03. The standard InChI is InChI=1S/C16H21N3O2S/c1-10(2)15-18-19-16(22-15)17-14(20)7-8-21-13-9-11(3)5-6-12(13)4/h5-6,9-10H,7-8H2,1-4H3,(H,17,19,20). The molecule has 0 radical (unpaired) electrons. The van der Waals surface area contributed by atoms with Crippen LogP contribution in [0.4, 0.5) is 5.13 Å². The largest absolute Gasteiger partial charge is 0.493 e. The van der Waals surface area contributed by atoms with Crippen LogP contribution in [0.25, 0.3) is 0 Å². The lowest BCUT2D eigenvalue weighted by Gasteiger charge is -2.09. The second-order valence-corrected chi connectivity index (χ2v) is 6.52. The number of carbonyl (C=O) groups excluding carboxylic acids is 1. The molecule has 2 aromatic rings. The molecule has 0 saturated carbocycles. The highest BCUT2D eigenvalue weighted by atomic mass is 32.1. The number of aryl methyl sites for hydroxylation is 2. The number of anilines is 1. The van der Waals surface area contributed by atoms with Gasteiger partial charge in [0.05, 0.1) is 13.0 Å². The van der Waals surface area contributed by atoms with Gasteiger partial charge < -0.3 is 10.1 Å². The zero-order valence-corrected chi connectivity index (χ0v) is 14.2. The van der Waals surface area contributed by atoms with E-state index in [4.69, 9.17) is 4.74 Å². The molecule has 1 heterocycles. The number of ether oxygens (including phenoxy) is 1. The summed E-state index contributed by atoms with van der Waals surface area (Å²) < 4.78 is 5.68. The van der Waals surface area contributed by atoms with E-state index in [0.29, 0.717) is 17.7 Å². The molecule has 2 rings (SSSR count). The fourth-order valence-electron chi connectivity index (χ4n) is 1.82. The second kappa shape index (κ2) is 7.35. The van der Waals surface area contributed by atoms with Crippen molar-refractivity contribution in [2.24, 2.45) is 0 Å². The van der Waals surface area contributed by atoms with Gasteiger partial charge in [-0.2, -0.15) is 0 Å². The first-order chi connectivity index (χ1) is 10.5. The van der Waals surface area contributed by atoms with Crippen LogP contribution in [0.1, 0.15) is 42.3 Å². The molecule has 22 heavy (non-hydrogen) atoms. The summed E-state index contributed by atoms with van der Waals surface area (Å²) in [6.45, 7) is 8.44. The maximum atomic E-state index is 11.9. The predicted octanol–water partition coefficient (Wildman–Crippen LogP) is 3.69. The Balaban J connectivity index is 1.81. The van der Waals surface area contributed by atoms with Crippen molar-refractivity contribution in [1.82, 2.24) is 10.2 Å². The van der Waals surface area contributed by atoms with Crippen molar-refractivity contribution in [2.45, 2.75) is 40.0 Å². The Kier molecular flexibility index (Phi) is 5.49. The summed E-state index contributed by atoms with van der Waals surface area (Å²) in [5.41, 5.74) is 2.21. The van der Waals surface area contributed by atoms with E-state index >= 15 is 0 Å². The molecule has 1 N–H and O–H groups in total. The molecule has 0 bridgehead atoms. The van der Waals surface area contributed by atoms with Crippen LogP contribution >= 0.6 is 11.3 Å². The summed E-state index contributed by atoms with van der Waals surface area (Å²) in [6, 6.07) is 6.03. The van der Waals surface area contributed by atoms with Crippen molar-refractivity contribution in [3.63, 3.8) is 0 Å². The average molecular weight is 319 g/mol. The lowest BCUT2D eigenvalue weighted by molar-refractivity contribution is -0.116. The maximum absolute atomic E-state index is 11.9. The van der Waals surface area contributed by atoms with E-state index in [1.165, 1.54) is 11.3 Å². The van der Waals surface area contributed by atoms with Gasteiger partial charge in [-0.05, 0) is 31.0 Å². The second-order valence-electron chi connectivity index (χ2n) is 5.52. The third-order valence-corrected chi connectivity index (χ3v) is 4.25. The van der Waals surface area contributed by atoms with E-state index in [0.717, 1.165) is 21.9 Å². The first-order valence-corrected chi connectivity index (χ1v) is 8.10. The fourth-order valence-corrected chi connectivity index (χ4v) is 2.58. The van der Waals surface area contributed by atoms with Crippen LogP contribution in [0.3, 0.4) is 0 Å². The van der Waals surface area contributed by atoms with Gasteiger partial charge in [0.15, 0.2) is 0 Å². The average Bonchev–Trinajstić information content (AvgIpc) is 2.91. The maximum Gasteiger partial charge on any atom is 0.229 e. The van der Waals surface area contributed by atoms with Gasteiger partial charge in [-0.3, -0.25) is 4.79 Å². The summed E-state index contributed by atoms with van der Waals surface area (Å²) in [7, 11) is 0. The first-order valence-electron chi connectivity index (χ1n) is 7.29. The molecule has 0 spiro atoms. The molecule has 6 heteroatoms. The Morgan fingerprint density at radius 1 is 1.32 bits per heavy atom. The monoisotopic (exact) mass is 319 g/mol. The van der Waals surface area contributed by atoms with E-state index in [9.17, 15) is 4.79 Å². The molecular formula is C16H21N3O2S. The molecule has 1 aromatic carbocycles. The SMILES string of the molecule is Cc1ccc(C)c(OCCC(=O)Nc2nnc(C(C)C)s2)c1. The lowest BCUT2D eigenvalue weighted by atomic mass is 10.1. The number of carbonyl (C=O) groups is 1. The Bertz CT molecular complexity index is 653. The van der Waals surface area contributed by atoms with Gasteiger partial charge in [0.25, 0.3) is 0 Å². The van der Waals surface area contributed by atoms with Crippen LogP contribution in [-0.4, -0.2) is 22.7 Å². The van der Waals surface area contributed by atoms with Gasteiger partial charge in [0.2, 0.25) is 11.0 Å². The molecule has 0 fully saturated rings. The Hall–Kier alpha value is -1.95. The molecular weight excluding hydrogens is 298 g/mol. The van der Waals surface area contributed by atoms with E-state index in [-0.39, 0.29) is 12.3 Å². The summed E-state index contributed by atoms with van der Waals surface area (Å²) in [5, 5.41) is 12.2. The minimum Gasteiger partial charge on any atom is -0.493 e. The Morgan fingerprint density at radius 3 is 2.77 bits per heavy atom. The van der Waals surface area contributed by atoms with Crippen LogP contribution in [-0.2, 0) is 4.79 Å². The lowest BCUT2D eigenvalue weighted by Crippen LogP contribution is -2.15. The highest BCUT2D eigenvalue weighted by Gasteiger charge is 2.10. The molecule has 0 saturated heterocycles. The van der Waals surface area contributed by atoms with Crippen LogP contribution in [0.15, 0.2) is 18.2 Å². The topological polar surface area (TPSA) is 64.1 Å². The van der Waals surface area contributed by atoms with Gasteiger partial charge in [0.1, 0.15) is 10.8 Å². The minimum absolute atomic E-state index is 0.114. The highest BCUT2D eigenvalue weighted by molar-refractivity contribution is 7.15. The number of nitrogens with one attached hydrogen (secondary N) is 1. The molecule has 118 valence electrons. The Morgan fingerprint density at radius 2 is 2.09 bits per heavy atom. The number of nitrogens with zero attached hydrogens (tertiary/aromatic N) is 2.